The molecule has 4 atom stereocenters. The van der Waals surface area contributed by atoms with Gasteiger partial charge in [0, 0.05) is 96.1 Å². The number of piperazine rings is 1. The summed E-state index contributed by atoms with van der Waals surface area (Å²) in [5, 5.41) is 7.65. The topological polar surface area (TPSA) is 156 Å². The van der Waals surface area contributed by atoms with E-state index in [9.17, 15) is 24.0 Å². The quantitative estimate of drug-likeness (QED) is 0.222. The van der Waals surface area contributed by atoms with E-state index in [1.165, 1.54) is 39.2 Å². The molecule has 0 radical (unpaired) electrons. The monoisotopic (exact) mass is 853 g/mol. The SMILES string of the molecule is CC1(C)C2[C@@H](OCC3CCCCC3)CNC(=O)[C@@H]3CN(C(=O)c4cnn(Cc5ccccc5)c4)CC34CN(C4)C(=O)[C@@H]21.COC(=O)COc1ccc(N2CCN(C=O)CC2)cc1.[HH]. The van der Waals surface area contributed by atoms with Gasteiger partial charge in [-0.3, -0.25) is 23.9 Å². The van der Waals surface area contributed by atoms with Crippen LogP contribution in [0.3, 0.4) is 0 Å². The molecule has 1 spiro atoms. The lowest BCUT2D eigenvalue weighted by atomic mass is 9.71. The molecule has 15 heteroatoms. The minimum atomic E-state index is -0.410. The maximum atomic E-state index is 13.8. The number of anilines is 1. The van der Waals surface area contributed by atoms with Crippen molar-refractivity contribution in [3.8, 4) is 5.75 Å². The number of methoxy groups -OCH3 is 1. The van der Waals surface area contributed by atoms with Gasteiger partial charge in [0.05, 0.1) is 37.4 Å². The van der Waals surface area contributed by atoms with Crippen molar-refractivity contribution in [3.05, 3.63) is 78.1 Å². The first kappa shape index (κ1) is 43.2. The Morgan fingerprint density at radius 2 is 1.66 bits per heavy atom. The molecule has 15 nitrogen and oxygen atoms in total. The molecule has 3 aromatic rings. The van der Waals surface area contributed by atoms with E-state index in [0.29, 0.717) is 63.1 Å². The van der Waals surface area contributed by atoms with Gasteiger partial charge in [0.2, 0.25) is 18.2 Å². The van der Waals surface area contributed by atoms with E-state index in [1.54, 1.807) is 26.9 Å². The Kier molecular flexibility index (Phi) is 12.9. The zero-order chi connectivity index (χ0) is 43.4. The standard InChI is InChI=1S/C33H43N5O4.C14H18N2O4.H2/c1-32(2)27-26(42-18-23-11-7-4-8-12-23)14-34-29(39)25-17-36(19-33(25)20-37(21-33)31(41)28(27)32)30(40)24-13-35-38(16-24)15-22-9-5-3-6-10-22;1-19-14(18)10-20-13-4-2-12(3-5-13)16-8-6-15(11-17)7-9-16;/h3,5-6,9-10,13,16,23,25-28H,4,7-8,11-12,14-15,17-21H2,1-2H3,(H,34,39);2-5,11H,6-10H2,1H3;1H/t25-,26-,27?,28+;;/m0../s1. The maximum Gasteiger partial charge on any atom is 0.343 e. The number of likely N-dealkylation sites (tertiary alicyclic amines) is 1. The lowest BCUT2D eigenvalue weighted by Crippen LogP contribution is -2.64. The Hall–Kier alpha value is -5.44. The van der Waals surface area contributed by atoms with Crippen molar-refractivity contribution in [3.63, 3.8) is 0 Å². The van der Waals surface area contributed by atoms with Crippen LogP contribution in [-0.2, 0) is 35.2 Å². The minimum absolute atomic E-state index is 0. The van der Waals surface area contributed by atoms with E-state index >= 15 is 0 Å². The van der Waals surface area contributed by atoms with Crippen LogP contribution in [0, 0.1) is 34.5 Å². The molecule has 10 rings (SSSR count). The van der Waals surface area contributed by atoms with E-state index in [0.717, 1.165) is 43.8 Å². The number of fused-ring (bicyclic) bond motifs is 3. The third-order valence-electron chi connectivity index (χ3n) is 14.2. The summed E-state index contributed by atoms with van der Waals surface area (Å²) in [4.78, 5) is 70.5. The van der Waals surface area contributed by atoms with E-state index in [-0.39, 0.29) is 55.0 Å². The van der Waals surface area contributed by atoms with Crippen molar-refractivity contribution in [2.45, 2.75) is 58.6 Å². The van der Waals surface area contributed by atoms with Crippen LogP contribution in [0.25, 0.3) is 0 Å². The molecule has 334 valence electrons. The highest BCUT2D eigenvalue weighted by Gasteiger charge is 2.69. The summed E-state index contributed by atoms with van der Waals surface area (Å²) >= 11 is 0. The van der Waals surface area contributed by atoms with Crippen LogP contribution in [0.5, 0.6) is 5.75 Å². The molecule has 6 heterocycles. The largest absolute Gasteiger partial charge is 0.482 e. The molecule has 5 aliphatic heterocycles. The summed E-state index contributed by atoms with van der Waals surface area (Å²) in [6.07, 6.45) is 10.3. The zero-order valence-electron chi connectivity index (χ0n) is 36.3. The molecule has 1 unspecified atom stereocenters. The number of benzene rings is 2. The highest BCUT2D eigenvalue weighted by atomic mass is 16.6. The minimum Gasteiger partial charge on any atom is -0.482 e. The van der Waals surface area contributed by atoms with E-state index in [4.69, 9.17) is 9.47 Å². The van der Waals surface area contributed by atoms with E-state index in [1.807, 2.05) is 59.5 Å². The highest BCUT2D eigenvalue weighted by molar-refractivity contribution is 5.95. The number of carbonyl (C=O) groups is 5. The third-order valence-corrected chi connectivity index (χ3v) is 14.2. The summed E-state index contributed by atoms with van der Waals surface area (Å²) in [5.41, 5.74) is 2.15. The van der Waals surface area contributed by atoms with Crippen molar-refractivity contribution >= 4 is 35.8 Å². The molecule has 1 N–H and O–H groups in total. The van der Waals surface area contributed by atoms with Gasteiger partial charge in [-0.15, -0.1) is 0 Å². The van der Waals surface area contributed by atoms with Crippen molar-refractivity contribution in [2.24, 2.45) is 34.5 Å². The number of carbonyl (C=O) groups excluding carboxylic acids is 5. The predicted molar refractivity (Wildman–Crippen MR) is 232 cm³/mol. The van der Waals surface area contributed by atoms with Crippen molar-refractivity contribution < 1.29 is 39.6 Å². The number of ether oxygens (including phenoxy) is 3. The smallest absolute Gasteiger partial charge is 0.343 e. The van der Waals surface area contributed by atoms with Crippen molar-refractivity contribution in [1.29, 1.82) is 0 Å². The predicted octanol–water partition coefficient (Wildman–Crippen LogP) is 3.96. The average Bonchev–Trinajstić information content (AvgIpc) is 3.59. The van der Waals surface area contributed by atoms with Crippen molar-refractivity contribution in [1.82, 2.24) is 29.8 Å². The number of hydrogen-bond acceptors (Lipinski definition) is 10. The average molecular weight is 854 g/mol. The second-order valence-corrected chi connectivity index (χ2v) is 18.6. The van der Waals surface area contributed by atoms with Gasteiger partial charge in [0.15, 0.2) is 6.61 Å². The van der Waals surface area contributed by atoms with Gasteiger partial charge in [0.25, 0.3) is 5.91 Å². The van der Waals surface area contributed by atoms with E-state index < -0.39 is 11.4 Å². The van der Waals surface area contributed by atoms with Crippen LogP contribution in [0.2, 0.25) is 0 Å². The summed E-state index contributed by atoms with van der Waals surface area (Å²) in [6.45, 7) is 10.9. The number of amides is 4. The van der Waals surface area contributed by atoms with Crippen LogP contribution >= 0.6 is 0 Å². The molecule has 2 saturated carbocycles. The first-order valence-electron chi connectivity index (χ1n) is 22.3. The normalized spacial score (nSPS) is 25.1. The summed E-state index contributed by atoms with van der Waals surface area (Å²) in [5.74, 6) is 0.495. The number of nitrogens with zero attached hydrogens (tertiary/aromatic N) is 6. The number of hydrogen-bond donors (Lipinski definition) is 1. The molecule has 1 aromatic heterocycles. The number of esters is 1. The van der Waals surface area contributed by atoms with Crippen LogP contribution in [0.15, 0.2) is 67.0 Å². The molecule has 2 aromatic carbocycles. The first-order valence-corrected chi connectivity index (χ1v) is 22.3. The molecule has 5 saturated heterocycles. The van der Waals surface area contributed by atoms with Gasteiger partial charge in [0.1, 0.15) is 5.75 Å². The fraction of sp³-hybridized carbons (Fsp3) is 0.574. The fourth-order valence-corrected chi connectivity index (χ4v) is 10.5. The lowest BCUT2D eigenvalue weighted by Gasteiger charge is -2.50. The second kappa shape index (κ2) is 18.5. The molecule has 7 fully saturated rings. The third kappa shape index (κ3) is 9.32. The molecular weight excluding hydrogens is 791 g/mol. The van der Waals surface area contributed by atoms with Gasteiger partial charge in [-0.2, -0.15) is 5.10 Å². The molecule has 7 aliphatic rings. The Morgan fingerprint density at radius 3 is 2.35 bits per heavy atom. The van der Waals surface area contributed by atoms with E-state index in [2.05, 4.69) is 33.9 Å². The molecule has 2 aliphatic carbocycles. The van der Waals surface area contributed by atoms with Crippen LogP contribution in [0.4, 0.5) is 5.69 Å². The Labute approximate surface area is 365 Å². The first-order chi connectivity index (χ1) is 30.0. The van der Waals surface area contributed by atoms with Crippen molar-refractivity contribution in [2.75, 3.05) is 84.1 Å². The number of rotatable bonds is 11. The Balaban J connectivity index is 0.000000239. The summed E-state index contributed by atoms with van der Waals surface area (Å²) < 4.78 is 18.1. The van der Waals surface area contributed by atoms with Crippen LogP contribution in [-0.4, -0.2) is 140 Å². The summed E-state index contributed by atoms with van der Waals surface area (Å²) in [7, 11) is 1.33. The molecule has 62 heavy (non-hydrogen) atoms. The number of nitrogens with one attached hydrogen (secondary N) is 1. The number of aromatic nitrogens is 2. The Bertz CT molecular complexity index is 2060. The van der Waals surface area contributed by atoms with Crippen LogP contribution < -0.4 is 15.0 Å². The molecule has 2 bridgehead atoms. The maximum absolute atomic E-state index is 13.8. The zero-order valence-corrected chi connectivity index (χ0v) is 36.3. The highest BCUT2D eigenvalue weighted by Crippen LogP contribution is 2.62. The van der Waals surface area contributed by atoms with Gasteiger partial charge < -0.3 is 39.1 Å². The van der Waals surface area contributed by atoms with Crippen LogP contribution in [0.1, 0.15) is 63.3 Å². The second-order valence-electron chi connectivity index (χ2n) is 18.6. The Morgan fingerprint density at radius 1 is 0.935 bits per heavy atom. The van der Waals surface area contributed by atoms with Gasteiger partial charge >= 0.3 is 5.97 Å². The van der Waals surface area contributed by atoms with Gasteiger partial charge in [-0.25, -0.2) is 4.79 Å². The molecular formula is C47H63N7O8. The lowest BCUT2D eigenvalue weighted by molar-refractivity contribution is -0.151. The fourth-order valence-electron chi connectivity index (χ4n) is 10.5. The van der Waals surface area contributed by atoms with Gasteiger partial charge in [-0.1, -0.05) is 63.4 Å². The molecule has 4 amide bonds. The summed E-state index contributed by atoms with van der Waals surface area (Å²) in [6, 6.07) is 17.6. The van der Waals surface area contributed by atoms with Gasteiger partial charge in [-0.05, 0) is 54.0 Å².